The molecule has 0 unspecified atom stereocenters. The van der Waals surface area contributed by atoms with Crippen LogP contribution in [0.5, 0.6) is 5.75 Å². The Balaban J connectivity index is 1.93. The first-order valence-electron chi connectivity index (χ1n) is 6.55. The Morgan fingerprint density at radius 1 is 1.10 bits per heavy atom. The fraction of sp³-hybridized carbons (Fsp3) is 0.188. The van der Waals surface area contributed by atoms with Gasteiger partial charge in [0.1, 0.15) is 5.75 Å². The molecule has 3 nitrogen and oxygen atoms in total. The molecular formula is C16H17ClN2OS. The van der Waals surface area contributed by atoms with Crippen molar-refractivity contribution in [2.75, 3.05) is 12.4 Å². The second-order valence-corrected chi connectivity index (χ2v) is 5.44. The van der Waals surface area contributed by atoms with E-state index in [1.165, 1.54) is 0 Å². The second-order valence-electron chi connectivity index (χ2n) is 4.60. The van der Waals surface area contributed by atoms with E-state index < -0.39 is 0 Å². The van der Waals surface area contributed by atoms with E-state index in [1.807, 2.05) is 48.5 Å². The molecule has 2 aromatic rings. The predicted octanol–water partition coefficient (Wildman–Crippen LogP) is 4.40. The fourth-order valence-electron chi connectivity index (χ4n) is 1.87. The van der Waals surface area contributed by atoms with Gasteiger partial charge in [-0.2, -0.15) is 0 Å². The van der Waals surface area contributed by atoms with Crippen molar-refractivity contribution in [3.05, 3.63) is 59.1 Å². The summed E-state index contributed by atoms with van der Waals surface area (Å²) >= 11 is 11.2. The van der Waals surface area contributed by atoms with Crippen LogP contribution < -0.4 is 15.4 Å². The highest BCUT2D eigenvalue weighted by atomic mass is 35.5. The van der Waals surface area contributed by atoms with Gasteiger partial charge in [-0.25, -0.2) is 0 Å². The number of nitrogens with one attached hydrogen (secondary N) is 2. The molecule has 0 aliphatic carbocycles. The lowest BCUT2D eigenvalue weighted by Gasteiger charge is -2.17. The predicted molar refractivity (Wildman–Crippen MR) is 92.2 cm³/mol. The minimum Gasteiger partial charge on any atom is -0.497 e. The van der Waals surface area contributed by atoms with Gasteiger partial charge < -0.3 is 15.4 Å². The molecule has 0 aliphatic rings. The maximum atomic E-state index is 5.85. The Morgan fingerprint density at radius 2 is 1.71 bits per heavy atom. The van der Waals surface area contributed by atoms with Crippen molar-refractivity contribution in [2.45, 2.75) is 13.0 Å². The Kier molecular flexibility index (Phi) is 5.42. The average molecular weight is 321 g/mol. The molecule has 2 N–H and O–H groups in total. The molecule has 0 aliphatic heterocycles. The van der Waals surface area contributed by atoms with Gasteiger partial charge in [-0.05, 0) is 61.1 Å². The number of halogens is 1. The van der Waals surface area contributed by atoms with Crippen molar-refractivity contribution in [3.63, 3.8) is 0 Å². The minimum atomic E-state index is 0.100. The number of methoxy groups -OCH3 is 1. The van der Waals surface area contributed by atoms with Crippen molar-refractivity contribution >= 4 is 34.6 Å². The molecule has 0 aromatic heterocycles. The summed E-state index contributed by atoms with van der Waals surface area (Å²) in [6, 6.07) is 15.4. The number of rotatable bonds is 4. The third kappa shape index (κ3) is 4.62. The highest BCUT2D eigenvalue weighted by Gasteiger charge is 2.07. The van der Waals surface area contributed by atoms with Crippen molar-refractivity contribution in [1.82, 2.24) is 5.32 Å². The van der Waals surface area contributed by atoms with Gasteiger partial charge >= 0.3 is 0 Å². The highest BCUT2D eigenvalue weighted by molar-refractivity contribution is 7.80. The van der Waals surface area contributed by atoms with Gasteiger partial charge in [0, 0.05) is 10.7 Å². The van der Waals surface area contributed by atoms with Crippen LogP contribution in [0.4, 0.5) is 5.69 Å². The van der Waals surface area contributed by atoms with E-state index in [-0.39, 0.29) is 6.04 Å². The van der Waals surface area contributed by atoms with Gasteiger partial charge in [-0.3, -0.25) is 0 Å². The van der Waals surface area contributed by atoms with Crippen molar-refractivity contribution in [2.24, 2.45) is 0 Å². The van der Waals surface area contributed by atoms with Crippen LogP contribution in [0.15, 0.2) is 48.5 Å². The summed E-state index contributed by atoms with van der Waals surface area (Å²) < 4.78 is 5.15. The van der Waals surface area contributed by atoms with Crippen LogP contribution in [0.1, 0.15) is 18.5 Å². The molecule has 0 fully saturated rings. The van der Waals surface area contributed by atoms with Crippen LogP contribution in [-0.4, -0.2) is 12.2 Å². The molecule has 1 atom stereocenters. The smallest absolute Gasteiger partial charge is 0.171 e. The standard InChI is InChI=1S/C16H17ClN2OS/c1-11(12-3-9-15(20-2)10-4-12)18-16(21)19-14-7-5-13(17)6-8-14/h3-11H,1-2H3,(H2,18,19,21)/t11-/m0/s1. The number of thiocarbonyl (C=S) groups is 1. The van der Waals surface area contributed by atoms with Crippen LogP contribution in [0.25, 0.3) is 0 Å². The van der Waals surface area contributed by atoms with Crippen molar-refractivity contribution in [1.29, 1.82) is 0 Å². The van der Waals surface area contributed by atoms with Crippen LogP contribution >= 0.6 is 23.8 Å². The average Bonchev–Trinajstić information content (AvgIpc) is 2.49. The summed E-state index contributed by atoms with van der Waals surface area (Å²) in [6.45, 7) is 2.05. The molecule has 21 heavy (non-hydrogen) atoms. The molecule has 0 bridgehead atoms. The molecule has 0 heterocycles. The maximum Gasteiger partial charge on any atom is 0.171 e. The van der Waals surface area contributed by atoms with Gasteiger partial charge in [0.25, 0.3) is 0 Å². The molecule has 5 heteroatoms. The molecule has 2 aromatic carbocycles. The SMILES string of the molecule is COc1ccc([C@H](C)NC(=S)Nc2ccc(Cl)cc2)cc1. The van der Waals surface area contributed by atoms with Crippen LogP contribution in [-0.2, 0) is 0 Å². The van der Waals surface area contributed by atoms with E-state index in [1.54, 1.807) is 7.11 Å². The number of hydrogen-bond acceptors (Lipinski definition) is 2. The molecule has 0 saturated carbocycles. The quantitative estimate of drug-likeness (QED) is 0.818. The highest BCUT2D eigenvalue weighted by Crippen LogP contribution is 2.18. The second kappa shape index (κ2) is 7.29. The zero-order valence-corrected chi connectivity index (χ0v) is 13.5. The Labute approximate surface area is 135 Å². The van der Waals surface area contributed by atoms with Crippen molar-refractivity contribution < 1.29 is 4.74 Å². The van der Waals surface area contributed by atoms with E-state index in [0.717, 1.165) is 17.0 Å². The van der Waals surface area contributed by atoms with E-state index in [9.17, 15) is 0 Å². The monoisotopic (exact) mass is 320 g/mol. The van der Waals surface area contributed by atoms with Crippen molar-refractivity contribution in [3.8, 4) is 5.75 Å². The summed E-state index contributed by atoms with van der Waals surface area (Å²) in [5.41, 5.74) is 2.04. The molecule has 0 saturated heterocycles. The Hall–Kier alpha value is -1.78. The Morgan fingerprint density at radius 3 is 2.29 bits per heavy atom. The fourth-order valence-corrected chi connectivity index (χ4v) is 2.29. The first-order chi connectivity index (χ1) is 10.1. The summed E-state index contributed by atoms with van der Waals surface area (Å²) in [4.78, 5) is 0. The van der Waals surface area contributed by atoms with E-state index in [2.05, 4.69) is 17.6 Å². The third-order valence-electron chi connectivity index (χ3n) is 3.07. The van der Waals surface area contributed by atoms with Crippen LogP contribution in [0, 0.1) is 0 Å². The first-order valence-corrected chi connectivity index (χ1v) is 7.34. The number of ether oxygens (including phenoxy) is 1. The molecule has 0 amide bonds. The van der Waals surface area contributed by atoms with Gasteiger partial charge in [-0.15, -0.1) is 0 Å². The lowest BCUT2D eigenvalue weighted by molar-refractivity contribution is 0.414. The summed E-state index contributed by atoms with van der Waals surface area (Å²) in [5, 5.41) is 7.64. The van der Waals surface area contributed by atoms with Crippen LogP contribution in [0.2, 0.25) is 5.02 Å². The van der Waals surface area contributed by atoms with E-state index >= 15 is 0 Å². The number of hydrogen-bond donors (Lipinski definition) is 2. The zero-order chi connectivity index (χ0) is 15.2. The summed E-state index contributed by atoms with van der Waals surface area (Å²) in [6.07, 6.45) is 0. The number of benzene rings is 2. The van der Waals surface area contributed by atoms with Crippen LogP contribution in [0.3, 0.4) is 0 Å². The molecule has 0 spiro atoms. The summed E-state index contributed by atoms with van der Waals surface area (Å²) in [5.74, 6) is 0.841. The van der Waals surface area contributed by atoms with Gasteiger partial charge in [0.05, 0.1) is 13.2 Å². The third-order valence-corrected chi connectivity index (χ3v) is 3.54. The van der Waals surface area contributed by atoms with E-state index in [4.69, 9.17) is 28.6 Å². The largest absolute Gasteiger partial charge is 0.497 e. The molecule has 2 rings (SSSR count). The van der Waals surface area contributed by atoms with Gasteiger partial charge in [0.15, 0.2) is 5.11 Å². The first kappa shape index (κ1) is 15.6. The minimum absolute atomic E-state index is 0.100. The normalized spacial score (nSPS) is 11.6. The Bertz CT molecular complexity index is 599. The van der Waals surface area contributed by atoms with Gasteiger partial charge in [-0.1, -0.05) is 23.7 Å². The summed E-state index contributed by atoms with van der Waals surface area (Å²) in [7, 11) is 1.65. The lowest BCUT2D eigenvalue weighted by Crippen LogP contribution is -2.30. The van der Waals surface area contributed by atoms with Gasteiger partial charge in [0.2, 0.25) is 0 Å². The zero-order valence-electron chi connectivity index (χ0n) is 11.9. The lowest BCUT2D eigenvalue weighted by atomic mass is 10.1. The number of anilines is 1. The topological polar surface area (TPSA) is 33.3 Å². The molecular weight excluding hydrogens is 304 g/mol. The van der Waals surface area contributed by atoms with E-state index in [0.29, 0.717) is 10.1 Å². The molecule has 110 valence electrons. The maximum absolute atomic E-state index is 5.85. The molecule has 0 radical (unpaired) electrons.